The number of primary sulfonamides is 1. The van der Waals surface area contributed by atoms with Crippen LogP contribution in [0.25, 0.3) is 0 Å². The molecular formula is C7H12N4O4S. The van der Waals surface area contributed by atoms with Crippen LogP contribution in [0.15, 0.2) is 11.2 Å². The lowest BCUT2D eigenvalue weighted by Crippen LogP contribution is -2.20. The molecule has 9 heteroatoms. The fourth-order valence-corrected chi connectivity index (χ4v) is 1.95. The van der Waals surface area contributed by atoms with Gasteiger partial charge in [0.05, 0.1) is 12.8 Å². The van der Waals surface area contributed by atoms with E-state index in [0.717, 1.165) is 4.68 Å². The lowest BCUT2D eigenvalue weighted by Gasteiger charge is -2.05. The summed E-state index contributed by atoms with van der Waals surface area (Å²) < 4.78 is 28.1. The van der Waals surface area contributed by atoms with Gasteiger partial charge in [-0.15, -0.1) is 0 Å². The summed E-state index contributed by atoms with van der Waals surface area (Å²) in [6, 6.07) is 0. The molecule has 0 fully saturated rings. The summed E-state index contributed by atoms with van der Waals surface area (Å²) in [7, 11) is -2.55. The zero-order valence-corrected chi connectivity index (χ0v) is 9.61. The molecule has 1 heterocycles. The van der Waals surface area contributed by atoms with Crippen LogP contribution in [-0.4, -0.2) is 30.9 Å². The summed E-state index contributed by atoms with van der Waals surface area (Å²) in [4.78, 5) is 11.1. The van der Waals surface area contributed by atoms with Crippen molar-refractivity contribution < 1.29 is 17.9 Å². The SMILES string of the molecule is CCOC(=O)Nc1cnn(C)c1S(N)(=O)=O. The Labute approximate surface area is 92.4 Å². The number of hydrogen-bond donors (Lipinski definition) is 2. The molecule has 0 aromatic carbocycles. The van der Waals surface area contributed by atoms with Crippen LogP contribution >= 0.6 is 0 Å². The molecule has 0 atom stereocenters. The van der Waals surface area contributed by atoms with E-state index in [1.807, 2.05) is 0 Å². The summed E-state index contributed by atoms with van der Waals surface area (Å²) in [5.41, 5.74) is -0.0107. The molecule has 0 unspecified atom stereocenters. The molecule has 3 N–H and O–H groups in total. The Morgan fingerprint density at radius 1 is 1.69 bits per heavy atom. The van der Waals surface area contributed by atoms with Gasteiger partial charge in [0, 0.05) is 7.05 Å². The van der Waals surface area contributed by atoms with Crippen LogP contribution in [0, 0.1) is 0 Å². The Kier molecular flexibility index (Phi) is 3.50. The first-order valence-electron chi connectivity index (χ1n) is 4.34. The van der Waals surface area contributed by atoms with E-state index in [9.17, 15) is 13.2 Å². The molecule has 0 aliphatic carbocycles. The van der Waals surface area contributed by atoms with Crippen molar-refractivity contribution in [3.05, 3.63) is 6.20 Å². The summed E-state index contributed by atoms with van der Waals surface area (Å²) >= 11 is 0. The van der Waals surface area contributed by atoms with Crippen molar-refractivity contribution in [2.75, 3.05) is 11.9 Å². The average molecular weight is 248 g/mol. The summed E-state index contributed by atoms with van der Waals surface area (Å²) in [5.74, 6) is 0. The smallest absolute Gasteiger partial charge is 0.411 e. The van der Waals surface area contributed by atoms with Gasteiger partial charge >= 0.3 is 6.09 Å². The Morgan fingerprint density at radius 2 is 2.31 bits per heavy atom. The average Bonchev–Trinajstić information content (AvgIpc) is 2.46. The van der Waals surface area contributed by atoms with Crippen LogP contribution in [0.2, 0.25) is 0 Å². The molecule has 0 saturated heterocycles. The highest BCUT2D eigenvalue weighted by Gasteiger charge is 2.21. The zero-order chi connectivity index (χ0) is 12.3. The fraction of sp³-hybridized carbons (Fsp3) is 0.429. The van der Waals surface area contributed by atoms with Crippen LogP contribution in [0.3, 0.4) is 0 Å². The number of nitrogens with two attached hydrogens (primary N) is 1. The number of sulfonamides is 1. The minimum absolute atomic E-state index is 0.0107. The largest absolute Gasteiger partial charge is 0.450 e. The predicted octanol–water partition coefficient (Wildman–Crippen LogP) is -0.364. The van der Waals surface area contributed by atoms with Crippen LogP contribution in [0.5, 0.6) is 0 Å². The van der Waals surface area contributed by atoms with E-state index in [0.29, 0.717) is 0 Å². The highest BCUT2D eigenvalue weighted by molar-refractivity contribution is 7.89. The first-order valence-corrected chi connectivity index (χ1v) is 5.89. The molecule has 0 saturated carbocycles. The van der Waals surface area contributed by atoms with Gasteiger partial charge in [-0.05, 0) is 6.92 Å². The summed E-state index contributed by atoms with van der Waals surface area (Å²) in [6.45, 7) is 1.81. The van der Waals surface area contributed by atoms with Gasteiger partial charge in [0.15, 0.2) is 5.03 Å². The number of rotatable bonds is 3. The minimum Gasteiger partial charge on any atom is -0.450 e. The molecule has 0 aliphatic rings. The van der Waals surface area contributed by atoms with Gasteiger partial charge in [-0.1, -0.05) is 0 Å². The number of carbonyl (C=O) groups is 1. The summed E-state index contributed by atoms with van der Waals surface area (Å²) in [6.07, 6.45) is 0.414. The van der Waals surface area contributed by atoms with Crippen LogP contribution in [-0.2, 0) is 21.8 Å². The Hall–Kier alpha value is -1.61. The molecule has 0 bridgehead atoms. The third kappa shape index (κ3) is 2.70. The minimum atomic E-state index is -3.95. The van der Waals surface area contributed by atoms with Crippen molar-refractivity contribution in [2.45, 2.75) is 11.9 Å². The van der Waals surface area contributed by atoms with Gasteiger partial charge in [0.25, 0.3) is 10.0 Å². The zero-order valence-electron chi connectivity index (χ0n) is 8.80. The Morgan fingerprint density at radius 3 is 2.81 bits per heavy atom. The number of hydrogen-bond acceptors (Lipinski definition) is 5. The van der Waals surface area contributed by atoms with Crippen molar-refractivity contribution in [3.63, 3.8) is 0 Å². The van der Waals surface area contributed by atoms with Crippen molar-refractivity contribution >= 4 is 21.8 Å². The predicted molar refractivity (Wildman–Crippen MR) is 55.2 cm³/mol. The van der Waals surface area contributed by atoms with E-state index in [1.54, 1.807) is 6.92 Å². The Balaban J connectivity index is 3.03. The maximum atomic E-state index is 11.2. The van der Waals surface area contributed by atoms with E-state index in [-0.39, 0.29) is 17.3 Å². The van der Waals surface area contributed by atoms with Gasteiger partial charge in [-0.3, -0.25) is 10.00 Å². The third-order valence-corrected chi connectivity index (χ3v) is 2.69. The number of nitrogens with one attached hydrogen (secondary N) is 1. The second-order valence-electron chi connectivity index (χ2n) is 2.88. The number of amides is 1. The molecule has 16 heavy (non-hydrogen) atoms. The number of ether oxygens (including phenoxy) is 1. The standard InChI is InChI=1S/C7H12N4O4S/c1-3-15-7(12)10-5-4-9-11(2)6(5)16(8,13)14/h4H,3H2,1-2H3,(H,10,12)(H2,8,13,14). The van der Waals surface area contributed by atoms with Gasteiger partial charge in [-0.25, -0.2) is 18.4 Å². The van der Waals surface area contributed by atoms with Crippen molar-refractivity contribution in [2.24, 2.45) is 12.2 Å². The van der Waals surface area contributed by atoms with Gasteiger partial charge < -0.3 is 4.74 Å². The molecule has 0 radical (unpaired) electrons. The third-order valence-electron chi connectivity index (χ3n) is 1.67. The van der Waals surface area contributed by atoms with Crippen LogP contribution in [0.1, 0.15) is 6.92 Å². The van der Waals surface area contributed by atoms with Crippen LogP contribution in [0.4, 0.5) is 10.5 Å². The first-order chi connectivity index (χ1) is 7.36. The van der Waals surface area contributed by atoms with Crippen molar-refractivity contribution in [3.8, 4) is 0 Å². The number of nitrogens with zero attached hydrogens (tertiary/aromatic N) is 2. The molecule has 1 amide bonds. The van der Waals surface area contributed by atoms with Gasteiger partial charge in [-0.2, -0.15) is 5.10 Å². The van der Waals surface area contributed by atoms with Gasteiger partial charge in [0.1, 0.15) is 5.69 Å². The van der Waals surface area contributed by atoms with Crippen molar-refractivity contribution in [1.29, 1.82) is 0 Å². The van der Waals surface area contributed by atoms with Crippen molar-refractivity contribution in [1.82, 2.24) is 9.78 Å². The molecule has 0 spiro atoms. The van der Waals surface area contributed by atoms with E-state index in [4.69, 9.17) is 5.14 Å². The lowest BCUT2D eigenvalue weighted by atomic mass is 10.6. The number of aromatic nitrogens is 2. The molecule has 1 aromatic rings. The monoisotopic (exact) mass is 248 g/mol. The quantitative estimate of drug-likeness (QED) is 0.757. The maximum Gasteiger partial charge on any atom is 0.411 e. The molecular weight excluding hydrogens is 236 g/mol. The van der Waals surface area contributed by atoms with E-state index >= 15 is 0 Å². The lowest BCUT2D eigenvalue weighted by molar-refractivity contribution is 0.168. The number of aryl methyl sites for hydroxylation is 1. The number of anilines is 1. The van der Waals surface area contributed by atoms with Crippen LogP contribution < -0.4 is 10.5 Å². The van der Waals surface area contributed by atoms with E-state index < -0.39 is 16.1 Å². The molecule has 1 aromatic heterocycles. The summed E-state index contributed by atoms with van der Waals surface area (Å²) in [5, 5.41) is 10.6. The normalized spacial score (nSPS) is 11.2. The van der Waals surface area contributed by atoms with Gasteiger partial charge in [0.2, 0.25) is 0 Å². The highest BCUT2D eigenvalue weighted by Crippen LogP contribution is 2.18. The van der Waals surface area contributed by atoms with E-state index in [2.05, 4.69) is 15.2 Å². The van der Waals surface area contributed by atoms with E-state index in [1.165, 1.54) is 13.2 Å². The molecule has 1 rings (SSSR count). The fourth-order valence-electron chi connectivity index (χ4n) is 1.13. The maximum absolute atomic E-state index is 11.2. The first kappa shape index (κ1) is 12.5. The highest BCUT2D eigenvalue weighted by atomic mass is 32.2. The second-order valence-corrected chi connectivity index (χ2v) is 4.35. The molecule has 0 aliphatic heterocycles. The topological polar surface area (TPSA) is 116 Å². The Bertz CT molecular complexity index is 492. The number of carbonyl (C=O) groups excluding carboxylic acids is 1. The second kappa shape index (κ2) is 4.49. The molecule has 90 valence electrons. The molecule has 8 nitrogen and oxygen atoms in total.